The zero-order valence-corrected chi connectivity index (χ0v) is 9.83. The highest BCUT2D eigenvalue weighted by Gasteiger charge is 2.19. The van der Waals surface area contributed by atoms with Crippen molar-refractivity contribution in [3.63, 3.8) is 0 Å². The van der Waals surface area contributed by atoms with Crippen LogP contribution in [-0.2, 0) is 16.4 Å². The molecule has 1 aromatic rings. The molecule has 1 saturated heterocycles. The molecule has 1 heterocycles. The maximum absolute atomic E-state index is 11.4. The van der Waals surface area contributed by atoms with E-state index < -0.39 is 10.0 Å². The summed E-state index contributed by atoms with van der Waals surface area (Å²) in [5, 5.41) is 8.46. The van der Waals surface area contributed by atoms with Gasteiger partial charge in [0.1, 0.15) is 0 Å². The standard InChI is InChI=1S/C11H16N2O2S/c12-16(14,15)11-4-2-1-3-10(11)7-9-5-6-13-8-9/h1-4,9,13H,5-8H2,(H2,12,14,15)/t9-/m0/s1. The van der Waals surface area contributed by atoms with Gasteiger partial charge in [0.15, 0.2) is 0 Å². The molecule has 2 rings (SSSR count). The van der Waals surface area contributed by atoms with Gasteiger partial charge < -0.3 is 5.32 Å². The van der Waals surface area contributed by atoms with Crippen LogP contribution in [0, 0.1) is 5.92 Å². The predicted octanol–water partition coefficient (Wildman–Crippen LogP) is 0.486. The van der Waals surface area contributed by atoms with Gasteiger partial charge in [-0.3, -0.25) is 0 Å². The average molecular weight is 240 g/mol. The molecule has 16 heavy (non-hydrogen) atoms. The molecule has 0 radical (unpaired) electrons. The average Bonchev–Trinajstić information content (AvgIpc) is 2.70. The highest BCUT2D eigenvalue weighted by Crippen LogP contribution is 2.20. The highest BCUT2D eigenvalue weighted by molar-refractivity contribution is 7.89. The summed E-state index contributed by atoms with van der Waals surface area (Å²) < 4.78 is 22.8. The molecule has 0 aromatic heterocycles. The molecular formula is C11H16N2O2S. The normalized spacial score (nSPS) is 21.2. The van der Waals surface area contributed by atoms with Crippen molar-refractivity contribution in [1.29, 1.82) is 0 Å². The van der Waals surface area contributed by atoms with E-state index in [1.165, 1.54) is 0 Å². The number of benzene rings is 1. The molecule has 1 atom stereocenters. The van der Waals surface area contributed by atoms with Gasteiger partial charge in [-0.25, -0.2) is 13.6 Å². The van der Waals surface area contributed by atoms with Gasteiger partial charge in [-0.05, 0) is 43.5 Å². The van der Waals surface area contributed by atoms with E-state index in [0.717, 1.165) is 31.5 Å². The molecule has 0 aliphatic carbocycles. The molecule has 1 fully saturated rings. The van der Waals surface area contributed by atoms with Crippen LogP contribution in [0.25, 0.3) is 0 Å². The van der Waals surface area contributed by atoms with Crippen LogP contribution in [0.4, 0.5) is 0 Å². The Balaban J connectivity index is 2.26. The third-order valence-corrected chi connectivity index (χ3v) is 3.96. The lowest BCUT2D eigenvalue weighted by Gasteiger charge is -2.11. The monoisotopic (exact) mass is 240 g/mol. The molecular weight excluding hydrogens is 224 g/mol. The summed E-state index contributed by atoms with van der Waals surface area (Å²) in [5.41, 5.74) is 0.832. The van der Waals surface area contributed by atoms with Crippen molar-refractivity contribution in [1.82, 2.24) is 5.32 Å². The lowest BCUT2D eigenvalue weighted by atomic mass is 9.99. The Labute approximate surface area is 95.9 Å². The Morgan fingerprint density at radius 3 is 2.75 bits per heavy atom. The van der Waals surface area contributed by atoms with Crippen LogP contribution in [0.3, 0.4) is 0 Å². The van der Waals surface area contributed by atoms with Crippen LogP contribution in [0.15, 0.2) is 29.2 Å². The van der Waals surface area contributed by atoms with Crippen LogP contribution >= 0.6 is 0 Å². The molecule has 88 valence electrons. The van der Waals surface area contributed by atoms with Gasteiger partial charge in [-0.1, -0.05) is 18.2 Å². The Morgan fingerprint density at radius 1 is 1.38 bits per heavy atom. The number of hydrogen-bond acceptors (Lipinski definition) is 3. The zero-order valence-electron chi connectivity index (χ0n) is 9.02. The van der Waals surface area contributed by atoms with Crippen LogP contribution in [0.2, 0.25) is 0 Å². The second-order valence-electron chi connectivity index (χ2n) is 4.22. The van der Waals surface area contributed by atoms with Crippen molar-refractivity contribution in [3.8, 4) is 0 Å². The highest BCUT2D eigenvalue weighted by atomic mass is 32.2. The smallest absolute Gasteiger partial charge is 0.238 e. The molecule has 0 spiro atoms. The molecule has 3 N–H and O–H groups in total. The largest absolute Gasteiger partial charge is 0.316 e. The maximum Gasteiger partial charge on any atom is 0.238 e. The summed E-state index contributed by atoms with van der Waals surface area (Å²) in [6.45, 7) is 1.97. The molecule has 4 nitrogen and oxygen atoms in total. The van der Waals surface area contributed by atoms with E-state index in [1.54, 1.807) is 12.1 Å². The number of rotatable bonds is 3. The first-order valence-electron chi connectivity index (χ1n) is 5.39. The Morgan fingerprint density at radius 2 is 2.12 bits per heavy atom. The minimum atomic E-state index is -3.60. The van der Waals surface area contributed by atoms with Gasteiger partial charge in [-0.15, -0.1) is 0 Å². The van der Waals surface area contributed by atoms with Crippen LogP contribution in [0.1, 0.15) is 12.0 Å². The molecule has 1 aliphatic heterocycles. The first kappa shape index (κ1) is 11.6. The summed E-state index contributed by atoms with van der Waals surface area (Å²) in [6, 6.07) is 6.98. The topological polar surface area (TPSA) is 72.2 Å². The Kier molecular flexibility index (Phi) is 3.28. The molecule has 0 saturated carbocycles. The van der Waals surface area contributed by atoms with Gasteiger partial charge in [0, 0.05) is 0 Å². The van der Waals surface area contributed by atoms with Gasteiger partial charge in [0.2, 0.25) is 10.0 Å². The number of hydrogen-bond donors (Lipinski definition) is 2. The van der Waals surface area contributed by atoms with E-state index in [0.29, 0.717) is 5.92 Å². The van der Waals surface area contributed by atoms with Crippen molar-refractivity contribution in [2.24, 2.45) is 11.1 Å². The molecule has 5 heteroatoms. The Hall–Kier alpha value is -0.910. The lowest BCUT2D eigenvalue weighted by Crippen LogP contribution is -2.17. The third kappa shape index (κ3) is 2.61. The summed E-state index contributed by atoms with van der Waals surface area (Å²) in [7, 11) is -3.60. The molecule has 0 amide bonds. The molecule has 1 aromatic carbocycles. The van der Waals surface area contributed by atoms with Crippen LogP contribution < -0.4 is 10.5 Å². The van der Waals surface area contributed by atoms with Crippen molar-refractivity contribution < 1.29 is 8.42 Å². The zero-order chi connectivity index (χ0) is 11.6. The van der Waals surface area contributed by atoms with Crippen molar-refractivity contribution in [2.45, 2.75) is 17.7 Å². The van der Waals surface area contributed by atoms with E-state index in [2.05, 4.69) is 5.32 Å². The lowest BCUT2D eigenvalue weighted by molar-refractivity contribution is 0.568. The number of nitrogens with one attached hydrogen (secondary N) is 1. The van der Waals surface area contributed by atoms with E-state index in [-0.39, 0.29) is 4.90 Å². The number of primary sulfonamides is 1. The van der Waals surface area contributed by atoms with Crippen molar-refractivity contribution in [3.05, 3.63) is 29.8 Å². The molecule has 0 unspecified atom stereocenters. The van der Waals surface area contributed by atoms with Gasteiger partial charge in [0.05, 0.1) is 4.90 Å². The van der Waals surface area contributed by atoms with Crippen LogP contribution in [0.5, 0.6) is 0 Å². The maximum atomic E-state index is 11.4. The van der Waals surface area contributed by atoms with Crippen LogP contribution in [-0.4, -0.2) is 21.5 Å². The first-order chi connectivity index (χ1) is 7.57. The SMILES string of the molecule is NS(=O)(=O)c1ccccc1C[C@@H]1CCNC1. The molecule has 1 aliphatic rings. The number of nitrogens with two attached hydrogens (primary N) is 1. The van der Waals surface area contributed by atoms with Gasteiger partial charge in [-0.2, -0.15) is 0 Å². The Bertz CT molecular complexity index is 465. The minimum absolute atomic E-state index is 0.266. The van der Waals surface area contributed by atoms with Crippen molar-refractivity contribution in [2.75, 3.05) is 13.1 Å². The van der Waals surface area contributed by atoms with E-state index >= 15 is 0 Å². The minimum Gasteiger partial charge on any atom is -0.316 e. The second-order valence-corrected chi connectivity index (χ2v) is 5.75. The first-order valence-corrected chi connectivity index (χ1v) is 6.93. The summed E-state index contributed by atoms with van der Waals surface area (Å²) >= 11 is 0. The number of sulfonamides is 1. The van der Waals surface area contributed by atoms with Gasteiger partial charge >= 0.3 is 0 Å². The van der Waals surface area contributed by atoms with E-state index in [9.17, 15) is 8.42 Å². The van der Waals surface area contributed by atoms with E-state index in [1.807, 2.05) is 12.1 Å². The molecule has 0 bridgehead atoms. The van der Waals surface area contributed by atoms with E-state index in [4.69, 9.17) is 5.14 Å². The second kappa shape index (κ2) is 4.53. The quantitative estimate of drug-likeness (QED) is 0.807. The summed E-state index contributed by atoms with van der Waals surface area (Å²) in [4.78, 5) is 0.266. The van der Waals surface area contributed by atoms with Gasteiger partial charge in [0.25, 0.3) is 0 Å². The summed E-state index contributed by atoms with van der Waals surface area (Å²) in [5.74, 6) is 0.517. The fraction of sp³-hybridized carbons (Fsp3) is 0.455. The fourth-order valence-electron chi connectivity index (χ4n) is 2.15. The predicted molar refractivity (Wildman–Crippen MR) is 62.5 cm³/mol. The van der Waals surface area contributed by atoms with Crippen molar-refractivity contribution >= 4 is 10.0 Å². The third-order valence-electron chi connectivity index (χ3n) is 2.95. The fourth-order valence-corrected chi connectivity index (χ4v) is 2.93. The summed E-state index contributed by atoms with van der Waals surface area (Å²) in [6.07, 6.45) is 1.87.